The minimum atomic E-state index is -4.58. The molecule has 0 aliphatic carbocycles. The summed E-state index contributed by atoms with van der Waals surface area (Å²) in [6.07, 6.45) is -4.05. The number of aryl methyl sites for hydroxylation is 1. The zero-order valence-electron chi connectivity index (χ0n) is 13.2. The van der Waals surface area contributed by atoms with Crippen LogP contribution in [0.3, 0.4) is 0 Å². The molecule has 2 heterocycles. The van der Waals surface area contributed by atoms with Crippen molar-refractivity contribution < 1.29 is 26.3 Å². The Morgan fingerprint density at radius 2 is 1.80 bits per heavy atom. The number of alkyl halides is 3. The van der Waals surface area contributed by atoms with Crippen LogP contribution in [0.5, 0.6) is 5.88 Å². The van der Waals surface area contributed by atoms with Gasteiger partial charge in [-0.05, 0) is 31.2 Å². The molecule has 1 aliphatic rings. The highest BCUT2D eigenvalue weighted by Gasteiger charge is 2.41. The summed E-state index contributed by atoms with van der Waals surface area (Å²) >= 11 is 0. The van der Waals surface area contributed by atoms with Gasteiger partial charge in [-0.25, -0.2) is 13.4 Å². The molecular formula is C16H15F3N2O3S. The highest BCUT2D eigenvalue weighted by atomic mass is 32.2. The molecule has 0 bridgehead atoms. The van der Waals surface area contributed by atoms with Gasteiger partial charge in [-0.1, -0.05) is 17.7 Å². The van der Waals surface area contributed by atoms with E-state index in [2.05, 4.69) is 4.98 Å². The lowest BCUT2D eigenvalue weighted by atomic mass is 10.2. The zero-order valence-corrected chi connectivity index (χ0v) is 14.0. The van der Waals surface area contributed by atoms with Crippen LogP contribution in [0.4, 0.5) is 13.2 Å². The van der Waals surface area contributed by atoms with Gasteiger partial charge in [-0.15, -0.1) is 0 Å². The summed E-state index contributed by atoms with van der Waals surface area (Å²) in [7, 11) is -3.67. The molecule has 0 radical (unpaired) electrons. The van der Waals surface area contributed by atoms with Crippen LogP contribution in [-0.4, -0.2) is 36.9 Å². The van der Waals surface area contributed by atoms with Gasteiger partial charge in [0.1, 0.15) is 11.7 Å². The van der Waals surface area contributed by atoms with Crippen LogP contribution in [0.25, 0.3) is 0 Å². The van der Waals surface area contributed by atoms with Gasteiger partial charge in [0.15, 0.2) is 0 Å². The van der Waals surface area contributed by atoms with Gasteiger partial charge in [0.05, 0.1) is 18.0 Å². The highest BCUT2D eigenvalue weighted by molar-refractivity contribution is 7.89. The predicted molar refractivity (Wildman–Crippen MR) is 83.6 cm³/mol. The van der Waals surface area contributed by atoms with Gasteiger partial charge in [-0.2, -0.15) is 17.5 Å². The fourth-order valence-electron chi connectivity index (χ4n) is 2.39. The van der Waals surface area contributed by atoms with E-state index in [1.807, 2.05) is 6.92 Å². The van der Waals surface area contributed by atoms with E-state index in [1.54, 1.807) is 12.1 Å². The van der Waals surface area contributed by atoms with E-state index in [4.69, 9.17) is 4.74 Å². The largest absolute Gasteiger partial charge is 0.471 e. The SMILES string of the molecule is Cc1ccc(S(=O)(=O)N2CC(Oc3ncccc3C(F)(F)F)C2)cc1. The Balaban J connectivity index is 1.69. The van der Waals surface area contributed by atoms with E-state index in [0.717, 1.165) is 11.6 Å². The summed E-state index contributed by atoms with van der Waals surface area (Å²) in [6.45, 7) is 1.79. The average molecular weight is 372 g/mol. The number of aromatic nitrogens is 1. The molecular weight excluding hydrogens is 357 g/mol. The summed E-state index contributed by atoms with van der Waals surface area (Å²) in [5.74, 6) is -0.535. The van der Waals surface area contributed by atoms with Crippen LogP contribution in [0.1, 0.15) is 11.1 Å². The van der Waals surface area contributed by atoms with Crippen molar-refractivity contribution in [3.63, 3.8) is 0 Å². The van der Waals surface area contributed by atoms with Gasteiger partial charge in [-0.3, -0.25) is 0 Å². The van der Waals surface area contributed by atoms with E-state index in [1.165, 1.54) is 28.7 Å². The van der Waals surface area contributed by atoms with Gasteiger partial charge in [0.25, 0.3) is 0 Å². The van der Waals surface area contributed by atoms with E-state index < -0.39 is 33.7 Å². The first-order chi connectivity index (χ1) is 11.7. The molecule has 134 valence electrons. The molecule has 1 saturated heterocycles. The van der Waals surface area contributed by atoms with Crippen molar-refractivity contribution in [3.05, 3.63) is 53.7 Å². The first-order valence-corrected chi connectivity index (χ1v) is 8.87. The zero-order chi connectivity index (χ0) is 18.2. The molecule has 0 atom stereocenters. The average Bonchev–Trinajstić information content (AvgIpc) is 2.50. The Hall–Kier alpha value is -2.13. The molecule has 1 aliphatic heterocycles. The third-order valence-electron chi connectivity index (χ3n) is 3.83. The molecule has 9 heteroatoms. The third kappa shape index (κ3) is 3.62. The van der Waals surface area contributed by atoms with Crippen LogP contribution in [0.15, 0.2) is 47.5 Å². The van der Waals surface area contributed by atoms with Crippen molar-refractivity contribution >= 4 is 10.0 Å². The molecule has 0 saturated carbocycles. The van der Waals surface area contributed by atoms with Gasteiger partial charge in [0.2, 0.25) is 15.9 Å². The van der Waals surface area contributed by atoms with Gasteiger partial charge >= 0.3 is 6.18 Å². The Morgan fingerprint density at radius 1 is 1.16 bits per heavy atom. The topological polar surface area (TPSA) is 59.5 Å². The number of rotatable bonds is 4. The maximum atomic E-state index is 12.9. The summed E-state index contributed by atoms with van der Waals surface area (Å²) in [5, 5.41) is 0. The van der Waals surface area contributed by atoms with Crippen LogP contribution in [-0.2, 0) is 16.2 Å². The van der Waals surface area contributed by atoms with Crippen molar-refractivity contribution in [2.24, 2.45) is 0 Å². The Bertz CT molecular complexity index is 861. The molecule has 0 N–H and O–H groups in total. The number of sulfonamides is 1. The van der Waals surface area contributed by atoms with Crippen molar-refractivity contribution in [3.8, 4) is 5.88 Å². The number of ether oxygens (including phenoxy) is 1. The number of halogens is 3. The molecule has 2 aromatic rings. The summed E-state index contributed by atoms with van der Waals surface area (Å²) in [6, 6.07) is 8.42. The second kappa shape index (κ2) is 6.30. The minimum absolute atomic E-state index is 0.0237. The number of nitrogens with zero attached hydrogens (tertiary/aromatic N) is 2. The van der Waals surface area contributed by atoms with Crippen molar-refractivity contribution in [1.29, 1.82) is 0 Å². The predicted octanol–water partition coefficient (Wildman–Crippen LogP) is 2.86. The number of hydrogen-bond acceptors (Lipinski definition) is 4. The smallest absolute Gasteiger partial charge is 0.421 e. The first-order valence-electron chi connectivity index (χ1n) is 7.43. The molecule has 3 rings (SSSR count). The number of pyridine rings is 1. The van der Waals surface area contributed by atoms with Crippen molar-refractivity contribution in [2.45, 2.75) is 24.1 Å². The summed E-state index contributed by atoms with van der Waals surface area (Å²) in [5.41, 5.74) is -0.0477. The van der Waals surface area contributed by atoms with Gasteiger partial charge < -0.3 is 4.74 Å². The van der Waals surface area contributed by atoms with E-state index in [-0.39, 0.29) is 18.0 Å². The lowest BCUT2D eigenvalue weighted by molar-refractivity contribution is -0.140. The molecule has 5 nitrogen and oxygen atoms in total. The lowest BCUT2D eigenvalue weighted by Crippen LogP contribution is -2.56. The molecule has 1 fully saturated rings. The molecule has 0 unspecified atom stereocenters. The second-order valence-electron chi connectivity index (χ2n) is 5.73. The fourth-order valence-corrected chi connectivity index (χ4v) is 3.89. The molecule has 0 amide bonds. The third-order valence-corrected chi connectivity index (χ3v) is 5.67. The lowest BCUT2D eigenvalue weighted by Gasteiger charge is -2.37. The van der Waals surface area contributed by atoms with Crippen molar-refractivity contribution in [1.82, 2.24) is 9.29 Å². The number of hydrogen-bond donors (Lipinski definition) is 0. The maximum Gasteiger partial charge on any atom is 0.421 e. The minimum Gasteiger partial charge on any atom is -0.471 e. The Morgan fingerprint density at radius 3 is 2.40 bits per heavy atom. The quantitative estimate of drug-likeness (QED) is 0.828. The van der Waals surface area contributed by atoms with Crippen molar-refractivity contribution in [2.75, 3.05) is 13.1 Å². The first kappa shape index (κ1) is 17.7. The van der Waals surface area contributed by atoms with Crippen LogP contribution >= 0.6 is 0 Å². The van der Waals surface area contributed by atoms with Gasteiger partial charge in [0, 0.05) is 6.20 Å². The van der Waals surface area contributed by atoms with E-state index in [0.29, 0.717) is 0 Å². The Kier molecular flexibility index (Phi) is 4.46. The van der Waals surface area contributed by atoms with Crippen LogP contribution in [0, 0.1) is 6.92 Å². The highest BCUT2D eigenvalue weighted by Crippen LogP contribution is 2.35. The monoisotopic (exact) mass is 372 g/mol. The Labute approximate surface area is 143 Å². The van der Waals surface area contributed by atoms with Crippen LogP contribution in [0.2, 0.25) is 0 Å². The maximum absolute atomic E-state index is 12.9. The van der Waals surface area contributed by atoms with E-state index >= 15 is 0 Å². The summed E-state index contributed by atoms with van der Waals surface area (Å²) in [4.78, 5) is 3.76. The normalized spacial score (nSPS) is 16.5. The van der Waals surface area contributed by atoms with Crippen LogP contribution < -0.4 is 4.74 Å². The van der Waals surface area contributed by atoms with E-state index in [9.17, 15) is 21.6 Å². The number of benzene rings is 1. The molecule has 1 aromatic carbocycles. The fraction of sp³-hybridized carbons (Fsp3) is 0.312. The second-order valence-corrected chi connectivity index (χ2v) is 7.67. The standard InChI is InChI=1S/C16H15F3N2O3S/c1-11-4-6-13(7-5-11)25(22,23)21-9-12(10-21)24-15-14(16(17,18)19)3-2-8-20-15/h2-8,12H,9-10H2,1H3. The molecule has 0 spiro atoms. The molecule has 25 heavy (non-hydrogen) atoms. The summed E-state index contributed by atoms with van der Waals surface area (Å²) < 4.78 is 70.0. The molecule has 1 aromatic heterocycles.